The second-order valence-electron chi connectivity index (χ2n) is 6.62. The Morgan fingerprint density at radius 2 is 1.95 bits per heavy atom. The average Bonchev–Trinajstić information content (AvgIpc) is 2.99. The van der Waals surface area contributed by atoms with E-state index < -0.39 is 36.3 Å². The van der Waals surface area contributed by atoms with Crippen LogP contribution in [0.1, 0.15) is 13.8 Å². The zero-order valence-electron chi connectivity index (χ0n) is 12.0. The van der Waals surface area contributed by atoms with Crippen LogP contribution in [0.2, 0.25) is 0 Å². The molecule has 4 saturated heterocycles. The highest BCUT2D eigenvalue weighted by Crippen LogP contribution is 2.47. The Hall–Kier alpha value is -0.320. The summed E-state index contributed by atoms with van der Waals surface area (Å²) in [5, 5.41) is 31.4. The van der Waals surface area contributed by atoms with Crippen molar-refractivity contribution in [3.8, 4) is 0 Å². The van der Waals surface area contributed by atoms with Crippen molar-refractivity contribution in [2.75, 3.05) is 13.2 Å². The van der Waals surface area contributed by atoms with Gasteiger partial charge in [-0.1, -0.05) is 0 Å². The van der Waals surface area contributed by atoms with Crippen molar-refractivity contribution in [1.29, 1.82) is 0 Å². The highest BCUT2D eigenvalue weighted by atomic mass is 16.8. The van der Waals surface area contributed by atoms with E-state index in [1.807, 2.05) is 13.8 Å². The highest BCUT2D eigenvalue weighted by molar-refractivity contribution is 5.07. The summed E-state index contributed by atoms with van der Waals surface area (Å²) < 4.78 is 17.3. The second-order valence-corrected chi connectivity index (χ2v) is 6.62. The van der Waals surface area contributed by atoms with Crippen LogP contribution in [0.15, 0.2) is 0 Å². The summed E-state index contributed by atoms with van der Waals surface area (Å²) >= 11 is 0. The lowest BCUT2D eigenvalue weighted by atomic mass is 9.84. The monoisotopic (exact) mass is 303 g/mol. The van der Waals surface area contributed by atoms with Crippen molar-refractivity contribution in [3.05, 3.63) is 0 Å². The molecule has 0 aromatic carbocycles. The minimum Gasteiger partial charge on any atom is -0.394 e. The number of aliphatic hydroxyl groups excluding tert-OH is 3. The van der Waals surface area contributed by atoms with Gasteiger partial charge >= 0.3 is 0 Å². The lowest BCUT2D eigenvalue weighted by Crippen LogP contribution is -2.58. The fourth-order valence-corrected chi connectivity index (χ4v) is 3.98. The van der Waals surface area contributed by atoms with Gasteiger partial charge in [-0.25, -0.2) is 0 Å². The van der Waals surface area contributed by atoms with Gasteiger partial charge in [-0.05, 0) is 13.8 Å². The van der Waals surface area contributed by atoms with Crippen LogP contribution in [-0.2, 0) is 19.0 Å². The first-order valence-electron chi connectivity index (χ1n) is 7.33. The molecule has 0 aromatic rings. The van der Waals surface area contributed by atoms with Gasteiger partial charge in [0.2, 0.25) is 0 Å². The van der Waals surface area contributed by atoms with Crippen LogP contribution in [0.25, 0.3) is 0 Å². The molecule has 3 N–H and O–H groups in total. The van der Waals surface area contributed by atoms with Gasteiger partial charge in [0.1, 0.15) is 24.4 Å². The van der Waals surface area contributed by atoms with E-state index in [0.29, 0.717) is 6.54 Å². The topological polar surface area (TPSA) is 101 Å². The molecule has 21 heavy (non-hydrogen) atoms. The molecule has 8 heteroatoms. The van der Waals surface area contributed by atoms with E-state index in [4.69, 9.17) is 19.0 Å². The maximum Gasteiger partial charge on any atom is 0.185 e. The summed E-state index contributed by atoms with van der Waals surface area (Å²) in [7, 11) is 0. The largest absolute Gasteiger partial charge is 0.394 e. The Morgan fingerprint density at radius 3 is 2.67 bits per heavy atom. The lowest BCUT2D eigenvalue weighted by Gasteiger charge is -2.39. The quantitative estimate of drug-likeness (QED) is 0.521. The molecule has 0 aliphatic carbocycles. The maximum absolute atomic E-state index is 10.4. The summed E-state index contributed by atoms with van der Waals surface area (Å²) in [6, 6.07) is -0.230. The van der Waals surface area contributed by atoms with Crippen molar-refractivity contribution >= 4 is 0 Å². The fraction of sp³-hybridized carbons (Fsp3) is 1.00. The number of hydrogen-bond acceptors (Lipinski definition) is 8. The Bertz CT molecular complexity index is 431. The van der Waals surface area contributed by atoms with Gasteiger partial charge in [0.05, 0.1) is 31.2 Å². The van der Waals surface area contributed by atoms with Gasteiger partial charge in [-0.3, -0.25) is 4.84 Å². The molecule has 0 saturated carbocycles. The molecule has 4 aliphatic heterocycles. The first kappa shape index (κ1) is 14.3. The molecule has 4 heterocycles. The van der Waals surface area contributed by atoms with Crippen molar-refractivity contribution in [2.45, 2.75) is 62.5 Å². The number of ether oxygens (including phenoxy) is 3. The van der Waals surface area contributed by atoms with Crippen LogP contribution >= 0.6 is 0 Å². The van der Waals surface area contributed by atoms with Crippen molar-refractivity contribution in [2.24, 2.45) is 5.92 Å². The minimum atomic E-state index is -1.14. The number of hydroxylamine groups is 2. The highest BCUT2D eigenvalue weighted by Gasteiger charge is 2.64. The van der Waals surface area contributed by atoms with Crippen LogP contribution in [0, 0.1) is 5.92 Å². The third-order valence-corrected chi connectivity index (χ3v) is 4.81. The van der Waals surface area contributed by atoms with Crippen molar-refractivity contribution in [3.63, 3.8) is 0 Å². The molecule has 4 rings (SSSR count). The van der Waals surface area contributed by atoms with E-state index in [1.165, 1.54) is 0 Å². The Morgan fingerprint density at radius 1 is 1.19 bits per heavy atom. The van der Waals surface area contributed by atoms with Crippen LogP contribution in [0.4, 0.5) is 0 Å². The molecular formula is C13H21NO7. The van der Waals surface area contributed by atoms with E-state index in [0.717, 1.165) is 0 Å². The lowest BCUT2D eigenvalue weighted by molar-refractivity contribution is -0.300. The fourth-order valence-electron chi connectivity index (χ4n) is 3.98. The number of rotatable bonds is 1. The first-order valence-corrected chi connectivity index (χ1v) is 7.33. The molecule has 4 fully saturated rings. The molecule has 8 atom stereocenters. The standard InChI is InChI=1S/C13H21NO7/c1-13(2)19-5-3-14-8(11(5)20-13)7-10(17)9(16)6(4-15)18-12(7)21-14/h5-12,15-17H,3-4H2,1-2H3/t5-,6+,7+,8+,9+,10+,11-,12+/m0/s1. The molecule has 8 nitrogen and oxygen atoms in total. The second kappa shape index (κ2) is 4.59. The summed E-state index contributed by atoms with van der Waals surface area (Å²) in [5.41, 5.74) is 0. The zero-order chi connectivity index (χ0) is 14.9. The molecule has 0 radical (unpaired) electrons. The molecular weight excluding hydrogens is 282 g/mol. The predicted molar refractivity (Wildman–Crippen MR) is 66.7 cm³/mol. The maximum atomic E-state index is 10.4. The molecule has 0 amide bonds. The number of nitrogens with zero attached hydrogens (tertiary/aromatic N) is 1. The molecule has 4 aliphatic rings. The normalized spacial score (nSPS) is 55.3. The molecule has 0 aromatic heterocycles. The summed E-state index contributed by atoms with van der Waals surface area (Å²) in [6.45, 7) is 3.87. The Balaban J connectivity index is 1.59. The molecule has 0 spiro atoms. The van der Waals surface area contributed by atoms with Gasteiger partial charge in [-0.15, -0.1) is 0 Å². The van der Waals surface area contributed by atoms with E-state index >= 15 is 0 Å². The van der Waals surface area contributed by atoms with Gasteiger partial charge < -0.3 is 29.5 Å². The zero-order valence-corrected chi connectivity index (χ0v) is 12.0. The smallest absolute Gasteiger partial charge is 0.185 e. The summed E-state index contributed by atoms with van der Waals surface area (Å²) in [5.74, 6) is -1.10. The minimum absolute atomic E-state index is 0.120. The van der Waals surface area contributed by atoms with E-state index in [9.17, 15) is 15.3 Å². The average molecular weight is 303 g/mol. The third-order valence-electron chi connectivity index (χ3n) is 4.81. The molecule has 0 unspecified atom stereocenters. The van der Waals surface area contributed by atoms with Crippen LogP contribution in [-0.4, -0.2) is 82.2 Å². The Kier molecular flexibility index (Phi) is 3.12. The summed E-state index contributed by atoms with van der Waals surface area (Å²) in [4.78, 5) is 5.71. The SMILES string of the molecule is CC1(C)O[C@@H]2[C@H]3[C@H]4[C@H](O[C@H](CO)[C@@H](O)[C@@H]4O)ON3C[C@@H]2O1. The molecule has 0 bridgehead atoms. The van der Waals surface area contributed by atoms with Gasteiger partial charge in [-0.2, -0.15) is 5.06 Å². The molecule has 120 valence electrons. The number of aliphatic hydroxyl groups is 3. The predicted octanol–water partition coefficient (Wildman–Crippen LogP) is -1.81. The van der Waals surface area contributed by atoms with Crippen LogP contribution in [0.3, 0.4) is 0 Å². The summed E-state index contributed by atoms with van der Waals surface area (Å²) in [6.07, 6.45) is -4.05. The van der Waals surface area contributed by atoms with Gasteiger partial charge in [0, 0.05) is 0 Å². The number of hydrogen-bond donors (Lipinski definition) is 3. The van der Waals surface area contributed by atoms with E-state index in [2.05, 4.69) is 0 Å². The van der Waals surface area contributed by atoms with Gasteiger partial charge in [0.25, 0.3) is 0 Å². The Labute approximate surface area is 122 Å². The van der Waals surface area contributed by atoms with Crippen molar-refractivity contribution in [1.82, 2.24) is 5.06 Å². The van der Waals surface area contributed by atoms with E-state index in [1.54, 1.807) is 5.06 Å². The van der Waals surface area contributed by atoms with Gasteiger partial charge in [0.15, 0.2) is 12.1 Å². The van der Waals surface area contributed by atoms with Crippen LogP contribution in [0.5, 0.6) is 0 Å². The number of fused-ring (bicyclic) bond motifs is 5. The third kappa shape index (κ3) is 1.98. The van der Waals surface area contributed by atoms with Crippen molar-refractivity contribution < 1.29 is 34.4 Å². The van der Waals surface area contributed by atoms with E-state index in [-0.39, 0.29) is 24.9 Å². The van der Waals surface area contributed by atoms with Crippen LogP contribution < -0.4 is 0 Å². The first-order chi connectivity index (χ1) is 9.91.